The Morgan fingerprint density at radius 1 is 1.36 bits per heavy atom. The lowest BCUT2D eigenvalue weighted by Crippen LogP contribution is -2.39. The van der Waals surface area contributed by atoms with Crippen molar-refractivity contribution in [3.8, 4) is 0 Å². The van der Waals surface area contributed by atoms with Crippen LogP contribution in [0.5, 0.6) is 0 Å². The van der Waals surface area contributed by atoms with Gasteiger partial charge in [0.25, 0.3) is 10.0 Å². The smallest absolute Gasteiger partial charge is 0.351 e. The first kappa shape index (κ1) is 20.2. The Labute approximate surface area is 160 Å². The number of nitrogens with zero attached hydrogens (tertiary/aromatic N) is 4. The van der Waals surface area contributed by atoms with Gasteiger partial charge in [0.15, 0.2) is 0 Å². The summed E-state index contributed by atoms with van der Waals surface area (Å²) >= 11 is 0. The maximum Gasteiger partial charge on any atom is 0.431 e. The van der Waals surface area contributed by atoms with Crippen LogP contribution < -0.4 is 0 Å². The van der Waals surface area contributed by atoms with Crippen LogP contribution in [0.15, 0.2) is 38.7 Å². The Bertz CT molecular complexity index is 1040. The zero-order valence-corrected chi connectivity index (χ0v) is 16.3. The SMILES string of the molecule is CCN(C=NS(=O)(=O)c1ccc2[nH]c(C(F)(F)F)cc2c1)N1CC(C)(C)C=N1. The average Bonchev–Trinajstić information content (AvgIpc) is 3.17. The van der Waals surface area contributed by atoms with Crippen molar-refractivity contribution in [2.24, 2.45) is 14.9 Å². The molecule has 0 bridgehead atoms. The van der Waals surface area contributed by atoms with Gasteiger partial charge in [0.05, 0.1) is 11.4 Å². The van der Waals surface area contributed by atoms with Gasteiger partial charge in [-0.2, -0.15) is 26.7 Å². The molecule has 0 radical (unpaired) electrons. The number of halogens is 3. The molecule has 1 aliphatic heterocycles. The van der Waals surface area contributed by atoms with E-state index in [2.05, 4.69) is 14.5 Å². The summed E-state index contributed by atoms with van der Waals surface area (Å²) in [5.41, 5.74) is -0.887. The number of rotatable bonds is 5. The van der Waals surface area contributed by atoms with Crippen LogP contribution in [0.3, 0.4) is 0 Å². The fourth-order valence-corrected chi connectivity index (χ4v) is 3.60. The molecule has 0 fully saturated rings. The standard InChI is InChI=1S/C17H20F3N5O2S/c1-4-24(25-10-16(2,3)9-21-25)11-22-28(26,27)13-5-6-14-12(7-13)8-15(23-14)17(18,19)20/h5-9,11,23H,4,10H2,1-3H3. The number of aromatic amines is 1. The van der Waals surface area contributed by atoms with Gasteiger partial charge in [-0.1, -0.05) is 13.8 Å². The second-order valence-electron chi connectivity index (χ2n) is 7.15. The fraction of sp³-hybridized carbons (Fsp3) is 0.412. The van der Waals surface area contributed by atoms with Gasteiger partial charge in [-0.3, -0.25) is 5.01 Å². The molecule has 0 atom stereocenters. The quantitative estimate of drug-likeness (QED) is 0.599. The second-order valence-corrected chi connectivity index (χ2v) is 8.78. The predicted molar refractivity (Wildman–Crippen MR) is 100 cm³/mol. The lowest BCUT2D eigenvalue weighted by Gasteiger charge is -2.28. The van der Waals surface area contributed by atoms with Gasteiger partial charge in [-0.25, -0.2) is 5.12 Å². The topological polar surface area (TPSA) is 81.1 Å². The molecule has 7 nitrogen and oxygen atoms in total. The molecule has 0 saturated heterocycles. The van der Waals surface area contributed by atoms with Crippen LogP contribution >= 0.6 is 0 Å². The summed E-state index contributed by atoms with van der Waals surface area (Å²) in [6.07, 6.45) is -1.60. The Morgan fingerprint density at radius 2 is 2.07 bits per heavy atom. The highest BCUT2D eigenvalue weighted by Crippen LogP contribution is 2.32. The normalized spacial score (nSPS) is 17.1. The molecule has 152 valence electrons. The second kappa shape index (κ2) is 6.80. The number of fused-ring (bicyclic) bond motifs is 1. The number of aromatic nitrogens is 1. The maximum absolute atomic E-state index is 12.8. The van der Waals surface area contributed by atoms with Crippen molar-refractivity contribution in [2.75, 3.05) is 13.1 Å². The molecule has 0 unspecified atom stereocenters. The summed E-state index contributed by atoms with van der Waals surface area (Å²) < 4.78 is 67.2. The highest BCUT2D eigenvalue weighted by Gasteiger charge is 2.32. The molecule has 1 N–H and O–H groups in total. The summed E-state index contributed by atoms with van der Waals surface area (Å²) in [7, 11) is -4.09. The number of hydrogen-bond donors (Lipinski definition) is 1. The maximum atomic E-state index is 12.8. The Morgan fingerprint density at radius 3 is 2.64 bits per heavy atom. The molecule has 28 heavy (non-hydrogen) atoms. The monoisotopic (exact) mass is 415 g/mol. The molecule has 2 heterocycles. The van der Waals surface area contributed by atoms with E-state index in [1.165, 1.54) is 18.2 Å². The van der Waals surface area contributed by atoms with Crippen molar-refractivity contribution >= 4 is 33.5 Å². The fourth-order valence-electron chi connectivity index (χ4n) is 2.73. The minimum atomic E-state index is -4.54. The number of benzene rings is 1. The molecule has 0 amide bonds. The predicted octanol–water partition coefficient (Wildman–Crippen LogP) is 3.47. The number of alkyl halides is 3. The number of H-pyrrole nitrogens is 1. The highest BCUT2D eigenvalue weighted by molar-refractivity contribution is 7.90. The highest BCUT2D eigenvalue weighted by atomic mass is 32.2. The van der Waals surface area contributed by atoms with Gasteiger partial charge >= 0.3 is 6.18 Å². The number of hydrogen-bond acceptors (Lipinski definition) is 4. The van der Waals surface area contributed by atoms with Crippen LogP contribution in [0.1, 0.15) is 26.5 Å². The van der Waals surface area contributed by atoms with E-state index in [0.29, 0.717) is 13.1 Å². The van der Waals surface area contributed by atoms with Crippen LogP contribution in [-0.4, -0.2) is 49.2 Å². The summed E-state index contributed by atoms with van der Waals surface area (Å²) in [6, 6.07) is 4.55. The summed E-state index contributed by atoms with van der Waals surface area (Å²) in [6.45, 7) is 6.84. The number of hydrazine groups is 1. The number of sulfonamides is 1. The van der Waals surface area contributed by atoms with E-state index in [1.807, 2.05) is 20.8 Å². The third-order valence-electron chi connectivity index (χ3n) is 4.22. The Kier molecular flexibility index (Phi) is 4.90. The van der Waals surface area contributed by atoms with Crippen molar-refractivity contribution in [3.05, 3.63) is 30.0 Å². The lowest BCUT2D eigenvalue weighted by molar-refractivity contribution is -0.140. The van der Waals surface area contributed by atoms with Gasteiger partial charge in [-0.05, 0) is 31.2 Å². The number of hydrazone groups is 1. The molecule has 1 aromatic heterocycles. The van der Waals surface area contributed by atoms with E-state index in [-0.39, 0.29) is 21.2 Å². The average molecular weight is 415 g/mol. The zero-order chi connectivity index (χ0) is 20.7. The van der Waals surface area contributed by atoms with Gasteiger partial charge in [0.2, 0.25) is 0 Å². The third kappa shape index (κ3) is 4.13. The minimum absolute atomic E-state index is 0.141. The first-order valence-electron chi connectivity index (χ1n) is 8.51. The summed E-state index contributed by atoms with van der Waals surface area (Å²) in [5, 5.41) is 7.55. The molecular weight excluding hydrogens is 395 g/mol. The van der Waals surface area contributed by atoms with E-state index in [0.717, 1.165) is 12.4 Å². The summed E-state index contributed by atoms with van der Waals surface area (Å²) in [4.78, 5) is 2.04. The molecule has 0 aliphatic carbocycles. The van der Waals surface area contributed by atoms with E-state index < -0.39 is 21.9 Å². The van der Waals surface area contributed by atoms with Gasteiger partial charge in [-0.15, -0.1) is 4.40 Å². The van der Waals surface area contributed by atoms with E-state index in [1.54, 1.807) is 16.3 Å². The van der Waals surface area contributed by atoms with Crippen molar-refractivity contribution < 1.29 is 21.6 Å². The molecule has 2 aromatic rings. The van der Waals surface area contributed by atoms with Gasteiger partial charge < -0.3 is 4.98 Å². The molecule has 1 aliphatic rings. The van der Waals surface area contributed by atoms with Crippen LogP contribution in [0.2, 0.25) is 0 Å². The Hall–Kier alpha value is -2.56. The molecule has 3 rings (SSSR count). The van der Waals surface area contributed by atoms with Crippen LogP contribution in [0.4, 0.5) is 13.2 Å². The van der Waals surface area contributed by atoms with Crippen LogP contribution in [-0.2, 0) is 16.2 Å². The van der Waals surface area contributed by atoms with E-state index in [9.17, 15) is 21.6 Å². The first-order valence-corrected chi connectivity index (χ1v) is 9.95. The van der Waals surface area contributed by atoms with Crippen molar-refractivity contribution in [2.45, 2.75) is 31.8 Å². The largest absolute Gasteiger partial charge is 0.431 e. The van der Waals surface area contributed by atoms with Crippen LogP contribution in [0, 0.1) is 5.41 Å². The summed E-state index contributed by atoms with van der Waals surface area (Å²) in [5.74, 6) is 0. The molecule has 0 saturated carbocycles. The van der Waals surface area contributed by atoms with Gasteiger partial charge in [0.1, 0.15) is 12.0 Å². The van der Waals surface area contributed by atoms with Crippen LogP contribution in [0.25, 0.3) is 10.9 Å². The minimum Gasteiger partial charge on any atom is -0.351 e. The molecular formula is C17H20F3N5O2S. The molecule has 0 spiro atoms. The van der Waals surface area contributed by atoms with E-state index >= 15 is 0 Å². The van der Waals surface area contributed by atoms with Gasteiger partial charge in [0, 0.05) is 29.1 Å². The third-order valence-corrected chi connectivity index (χ3v) is 5.45. The lowest BCUT2D eigenvalue weighted by atomic mass is 9.97. The number of nitrogens with one attached hydrogen (secondary N) is 1. The van der Waals surface area contributed by atoms with Crippen molar-refractivity contribution in [1.29, 1.82) is 0 Å². The van der Waals surface area contributed by atoms with Crippen molar-refractivity contribution in [3.63, 3.8) is 0 Å². The first-order chi connectivity index (χ1) is 12.9. The Balaban J connectivity index is 1.85. The molecule has 1 aromatic carbocycles. The van der Waals surface area contributed by atoms with E-state index in [4.69, 9.17) is 0 Å². The molecule has 11 heteroatoms. The zero-order valence-electron chi connectivity index (χ0n) is 15.5. The van der Waals surface area contributed by atoms with Crippen molar-refractivity contribution in [1.82, 2.24) is 15.1 Å².